The maximum Gasteiger partial charge on any atom is 0.232 e. The number of benzene rings is 1. The Bertz CT molecular complexity index is 766. The first-order valence-corrected chi connectivity index (χ1v) is 7.99. The van der Waals surface area contributed by atoms with Crippen LogP contribution in [0.4, 0.5) is 17.6 Å². The molecule has 0 radical (unpaired) electrons. The van der Waals surface area contributed by atoms with Crippen molar-refractivity contribution in [2.45, 2.75) is 17.1 Å². The average Bonchev–Trinajstić information content (AvgIpc) is 2.56. The van der Waals surface area contributed by atoms with Crippen LogP contribution in [0.5, 0.6) is 0 Å². The van der Waals surface area contributed by atoms with Crippen LogP contribution < -0.4 is 11.1 Å². The Morgan fingerprint density at radius 3 is 2.48 bits per heavy atom. The van der Waals surface area contributed by atoms with Crippen LogP contribution >= 0.6 is 11.8 Å². The van der Waals surface area contributed by atoms with Gasteiger partial charge >= 0.3 is 0 Å². The summed E-state index contributed by atoms with van der Waals surface area (Å²) in [4.78, 5) is 18.0. The number of anilines is 3. The molecule has 1 aromatic carbocycles. The number of aromatic nitrogens is 4. The summed E-state index contributed by atoms with van der Waals surface area (Å²) in [7, 11) is 0. The third kappa shape index (κ3) is 4.17. The van der Waals surface area contributed by atoms with E-state index in [1.807, 2.05) is 49.4 Å². The van der Waals surface area contributed by atoms with Crippen LogP contribution in [0.2, 0.25) is 0 Å². The number of pyridine rings is 1. The van der Waals surface area contributed by atoms with Crippen molar-refractivity contribution < 1.29 is 0 Å². The van der Waals surface area contributed by atoms with Gasteiger partial charge in [0.25, 0.3) is 0 Å². The number of nitrogens with one attached hydrogen (secondary N) is 1. The van der Waals surface area contributed by atoms with Crippen molar-refractivity contribution in [2.24, 2.45) is 0 Å². The average molecular weight is 324 g/mol. The van der Waals surface area contributed by atoms with E-state index in [4.69, 9.17) is 5.73 Å². The highest BCUT2D eigenvalue weighted by Crippen LogP contribution is 2.33. The van der Waals surface area contributed by atoms with Gasteiger partial charge in [0.05, 0.1) is 5.25 Å². The number of para-hydroxylation sites is 1. The van der Waals surface area contributed by atoms with Crippen LogP contribution in [0.1, 0.15) is 18.0 Å². The van der Waals surface area contributed by atoms with Gasteiger partial charge in [0.2, 0.25) is 11.9 Å². The summed E-state index contributed by atoms with van der Waals surface area (Å²) in [6.45, 7) is 2.03. The number of rotatable bonds is 5. The molecule has 0 unspecified atom stereocenters. The van der Waals surface area contributed by atoms with Crippen LogP contribution in [0.25, 0.3) is 0 Å². The van der Waals surface area contributed by atoms with Crippen molar-refractivity contribution in [1.82, 2.24) is 19.9 Å². The molecule has 3 rings (SSSR count). The smallest absolute Gasteiger partial charge is 0.232 e. The second-order valence-electron chi connectivity index (χ2n) is 4.81. The molecule has 0 saturated carbocycles. The lowest BCUT2D eigenvalue weighted by Crippen LogP contribution is -2.08. The summed E-state index contributed by atoms with van der Waals surface area (Å²) in [5.41, 5.74) is 6.72. The lowest BCUT2D eigenvalue weighted by Gasteiger charge is -2.12. The van der Waals surface area contributed by atoms with Gasteiger partial charge in [-0.15, -0.1) is 11.8 Å². The summed E-state index contributed by atoms with van der Waals surface area (Å²) in [6, 6.07) is 13.6. The zero-order chi connectivity index (χ0) is 16.1. The molecule has 0 aliphatic carbocycles. The normalized spacial score (nSPS) is 11.9. The number of thioether (sulfide) groups is 1. The molecule has 0 aliphatic rings. The fourth-order valence-electron chi connectivity index (χ4n) is 1.97. The molecule has 2 aromatic heterocycles. The van der Waals surface area contributed by atoms with Crippen molar-refractivity contribution in [1.29, 1.82) is 0 Å². The number of hydrogen-bond acceptors (Lipinski definition) is 7. The van der Waals surface area contributed by atoms with Gasteiger partial charge in [-0.1, -0.05) is 18.2 Å². The molecular weight excluding hydrogens is 308 g/mol. The molecule has 0 fully saturated rings. The SMILES string of the molecule is C[C@@H](Sc1ccncc1)c1nc(N)nc(Nc2ccccc2)n1. The van der Waals surface area contributed by atoms with E-state index in [1.54, 1.807) is 24.2 Å². The minimum absolute atomic E-state index is 0.0408. The van der Waals surface area contributed by atoms with Crippen LogP contribution in [0, 0.1) is 0 Å². The monoisotopic (exact) mass is 324 g/mol. The Morgan fingerprint density at radius 1 is 1.00 bits per heavy atom. The van der Waals surface area contributed by atoms with Gasteiger partial charge in [-0.05, 0) is 31.2 Å². The van der Waals surface area contributed by atoms with E-state index in [0.29, 0.717) is 11.8 Å². The van der Waals surface area contributed by atoms with Gasteiger partial charge in [-0.25, -0.2) is 0 Å². The second kappa shape index (κ2) is 7.06. The number of nitrogens with two attached hydrogens (primary N) is 1. The second-order valence-corrected chi connectivity index (χ2v) is 6.22. The zero-order valence-electron chi connectivity index (χ0n) is 12.5. The van der Waals surface area contributed by atoms with E-state index in [-0.39, 0.29) is 11.2 Å². The highest BCUT2D eigenvalue weighted by atomic mass is 32.2. The molecule has 1 atom stereocenters. The molecule has 0 aliphatic heterocycles. The minimum atomic E-state index is 0.0408. The molecular formula is C16H16N6S. The molecule has 116 valence electrons. The molecule has 0 saturated heterocycles. The third-order valence-electron chi connectivity index (χ3n) is 3.03. The van der Waals surface area contributed by atoms with Gasteiger partial charge in [0.1, 0.15) is 5.82 Å². The Labute approximate surface area is 138 Å². The van der Waals surface area contributed by atoms with Crippen molar-refractivity contribution >= 4 is 29.3 Å². The van der Waals surface area contributed by atoms with E-state index in [2.05, 4.69) is 25.3 Å². The molecule has 3 N–H and O–H groups in total. The van der Waals surface area contributed by atoms with Crippen molar-refractivity contribution in [3.05, 3.63) is 60.7 Å². The molecule has 0 amide bonds. The van der Waals surface area contributed by atoms with Crippen molar-refractivity contribution in [2.75, 3.05) is 11.1 Å². The third-order valence-corrected chi connectivity index (χ3v) is 4.13. The van der Waals surface area contributed by atoms with Crippen LogP contribution in [-0.2, 0) is 0 Å². The Hall–Kier alpha value is -2.67. The molecule has 6 nitrogen and oxygen atoms in total. The first kappa shape index (κ1) is 15.2. The van der Waals surface area contributed by atoms with Gasteiger partial charge in [-0.2, -0.15) is 15.0 Å². The van der Waals surface area contributed by atoms with Gasteiger partial charge < -0.3 is 11.1 Å². The largest absolute Gasteiger partial charge is 0.368 e. The van der Waals surface area contributed by atoms with E-state index in [9.17, 15) is 0 Å². The molecule has 0 spiro atoms. The highest BCUT2D eigenvalue weighted by Gasteiger charge is 2.13. The fraction of sp³-hybridized carbons (Fsp3) is 0.125. The first-order chi connectivity index (χ1) is 11.2. The molecule has 2 heterocycles. The topological polar surface area (TPSA) is 89.6 Å². The Morgan fingerprint density at radius 2 is 1.74 bits per heavy atom. The summed E-state index contributed by atoms with van der Waals surface area (Å²) in [6.07, 6.45) is 3.53. The molecule has 7 heteroatoms. The highest BCUT2D eigenvalue weighted by molar-refractivity contribution is 7.99. The summed E-state index contributed by atoms with van der Waals surface area (Å²) >= 11 is 1.64. The lowest BCUT2D eigenvalue weighted by molar-refractivity contribution is 0.896. The quantitative estimate of drug-likeness (QED) is 0.695. The minimum Gasteiger partial charge on any atom is -0.368 e. The van der Waals surface area contributed by atoms with E-state index < -0.39 is 0 Å². The number of nitrogen functional groups attached to an aromatic ring is 1. The summed E-state index contributed by atoms with van der Waals surface area (Å²) < 4.78 is 0. The number of hydrogen-bond donors (Lipinski definition) is 2. The predicted molar refractivity (Wildman–Crippen MR) is 92.5 cm³/mol. The standard InChI is InChI=1S/C16H16N6S/c1-11(23-13-7-9-18-10-8-13)14-20-15(17)22-16(21-14)19-12-5-3-2-4-6-12/h2-11H,1H3,(H3,17,19,20,21,22)/t11-/m1/s1. The summed E-state index contributed by atoms with van der Waals surface area (Å²) in [5.74, 6) is 1.29. The van der Waals surface area contributed by atoms with E-state index in [1.165, 1.54) is 0 Å². The molecule has 3 aromatic rings. The first-order valence-electron chi connectivity index (χ1n) is 7.11. The van der Waals surface area contributed by atoms with Gasteiger partial charge in [-0.3, -0.25) is 4.98 Å². The van der Waals surface area contributed by atoms with Gasteiger partial charge in [0, 0.05) is 23.0 Å². The van der Waals surface area contributed by atoms with Crippen LogP contribution in [0.15, 0.2) is 59.8 Å². The fourth-order valence-corrected chi connectivity index (χ4v) is 2.87. The molecule has 0 bridgehead atoms. The zero-order valence-corrected chi connectivity index (χ0v) is 13.4. The Kier molecular flexibility index (Phi) is 4.68. The van der Waals surface area contributed by atoms with Crippen molar-refractivity contribution in [3.8, 4) is 0 Å². The summed E-state index contributed by atoms with van der Waals surface area (Å²) in [5, 5.41) is 3.18. The van der Waals surface area contributed by atoms with E-state index in [0.717, 1.165) is 10.6 Å². The van der Waals surface area contributed by atoms with Crippen LogP contribution in [0.3, 0.4) is 0 Å². The Balaban J connectivity index is 1.79. The molecule has 23 heavy (non-hydrogen) atoms. The van der Waals surface area contributed by atoms with Gasteiger partial charge in [0.15, 0.2) is 0 Å². The maximum atomic E-state index is 5.82. The lowest BCUT2D eigenvalue weighted by atomic mass is 10.3. The van der Waals surface area contributed by atoms with Crippen LogP contribution in [-0.4, -0.2) is 19.9 Å². The maximum absolute atomic E-state index is 5.82. The number of nitrogens with zero attached hydrogens (tertiary/aromatic N) is 4. The van der Waals surface area contributed by atoms with Crippen molar-refractivity contribution in [3.63, 3.8) is 0 Å². The predicted octanol–water partition coefficient (Wildman–Crippen LogP) is 3.45. The van der Waals surface area contributed by atoms with E-state index >= 15 is 0 Å².